The smallest absolute Gasteiger partial charge is 0.336 e. The number of hydrogen-bond donors (Lipinski definition) is 2. The van der Waals surface area contributed by atoms with Crippen molar-refractivity contribution in [1.29, 1.82) is 0 Å². The molecule has 1 heterocycles. The summed E-state index contributed by atoms with van der Waals surface area (Å²) in [5.74, 6) is -0.602. The van der Waals surface area contributed by atoms with Crippen molar-refractivity contribution in [2.45, 2.75) is 35.4 Å². The van der Waals surface area contributed by atoms with E-state index in [1.807, 2.05) is 19.9 Å². The summed E-state index contributed by atoms with van der Waals surface area (Å²) in [5, 5.41) is 11.1. The first-order valence-corrected chi connectivity index (χ1v) is 12.7. The van der Waals surface area contributed by atoms with Gasteiger partial charge in [0.1, 0.15) is 0 Å². The number of nitrogens with zero attached hydrogens (tertiary/aromatic N) is 1. The summed E-state index contributed by atoms with van der Waals surface area (Å²) >= 11 is 13.4. The average molecular weight is 511 g/mol. The largest absolute Gasteiger partial charge is 0.478 e. The Morgan fingerprint density at radius 2 is 1.84 bits per heavy atom. The van der Waals surface area contributed by atoms with E-state index in [9.17, 15) is 18.3 Å². The molecule has 0 spiro atoms. The molecular weight excluding hydrogens is 491 g/mol. The summed E-state index contributed by atoms with van der Waals surface area (Å²) in [4.78, 5) is 15.7. The normalized spacial score (nSPS) is 11.5. The molecule has 2 N–H and O–H groups in total. The highest BCUT2D eigenvalue weighted by atomic mass is 35.5. The van der Waals surface area contributed by atoms with Crippen molar-refractivity contribution in [3.05, 3.63) is 81.5 Å². The molecule has 3 aromatic rings. The van der Waals surface area contributed by atoms with Crippen molar-refractivity contribution in [1.82, 2.24) is 4.98 Å². The van der Waals surface area contributed by atoms with Crippen LogP contribution in [-0.2, 0) is 15.8 Å². The fourth-order valence-electron chi connectivity index (χ4n) is 2.92. The predicted octanol–water partition coefficient (Wildman–Crippen LogP) is 6.30. The molecule has 0 unspecified atom stereocenters. The molecule has 32 heavy (non-hydrogen) atoms. The fourth-order valence-corrected chi connectivity index (χ4v) is 5.09. The van der Waals surface area contributed by atoms with E-state index in [0.29, 0.717) is 26.4 Å². The van der Waals surface area contributed by atoms with E-state index < -0.39 is 16.0 Å². The van der Waals surface area contributed by atoms with Crippen LogP contribution >= 0.6 is 35.0 Å². The van der Waals surface area contributed by atoms with Crippen LogP contribution in [0.1, 0.15) is 41.3 Å². The van der Waals surface area contributed by atoms with Crippen LogP contribution in [0.5, 0.6) is 0 Å². The summed E-state index contributed by atoms with van der Waals surface area (Å²) in [6.45, 7) is 3.70. The maximum atomic E-state index is 12.8. The molecule has 3 rings (SSSR count). The van der Waals surface area contributed by atoms with E-state index in [1.54, 1.807) is 24.3 Å². The zero-order chi connectivity index (χ0) is 23.5. The predicted molar refractivity (Wildman–Crippen MR) is 129 cm³/mol. The van der Waals surface area contributed by atoms with Gasteiger partial charge in [0, 0.05) is 5.75 Å². The Hall–Kier alpha value is -2.26. The zero-order valence-corrected chi connectivity index (χ0v) is 20.3. The van der Waals surface area contributed by atoms with Crippen LogP contribution in [0.15, 0.2) is 64.6 Å². The number of pyridine rings is 1. The van der Waals surface area contributed by atoms with Crippen LogP contribution in [0, 0.1) is 0 Å². The Morgan fingerprint density at radius 1 is 1.09 bits per heavy atom. The maximum Gasteiger partial charge on any atom is 0.336 e. The molecule has 6 nitrogen and oxygen atoms in total. The van der Waals surface area contributed by atoms with Gasteiger partial charge in [-0.15, -0.1) is 11.8 Å². The van der Waals surface area contributed by atoms with Gasteiger partial charge in [-0.05, 0) is 53.4 Å². The van der Waals surface area contributed by atoms with Crippen LogP contribution in [0.2, 0.25) is 10.0 Å². The van der Waals surface area contributed by atoms with Crippen molar-refractivity contribution in [2.24, 2.45) is 0 Å². The molecule has 0 amide bonds. The van der Waals surface area contributed by atoms with Crippen LogP contribution in [0.3, 0.4) is 0 Å². The van der Waals surface area contributed by atoms with Crippen molar-refractivity contribution in [3.63, 3.8) is 0 Å². The highest BCUT2D eigenvalue weighted by molar-refractivity contribution is 7.98. The summed E-state index contributed by atoms with van der Waals surface area (Å²) in [6, 6.07) is 12.8. The van der Waals surface area contributed by atoms with Gasteiger partial charge in [-0.3, -0.25) is 4.72 Å². The number of carbonyl (C=O) groups is 1. The van der Waals surface area contributed by atoms with Crippen LogP contribution < -0.4 is 4.72 Å². The SMILES string of the molecule is CC(C)c1ccc(S(=O)(=O)Nc2ccc(SCc3ccc(Cl)c(Cl)c3)nc2)cc1C(=O)O. The van der Waals surface area contributed by atoms with Gasteiger partial charge in [0.15, 0.2) is 0 Å². The Labute approximate surface area is 201 Å². The molecule has 0 radical (unpaired) electrons. The molecule has 10 heteroatoms. The number of halogens is 2. The first-order chi connectivity index (χ1) is 15.1. The zero-order valence-electron chi connectivity index (χ0n) is 17.2. The van der Waals surface area contributed by atoms with Crippen molar-refractivity contribution in [2.75, 3.05) is 4.72 Å². The molecule has 0 aliphatic carbocycles. The fraction of sp³-hybridized carbons (Fsp3) is 0.182. The maximum absolute atomic E-state index is 12.8. The third kappa shape index (κ3) is 5.95. The Kier molecular flexibility index (Phi) is 7.71. The number of anilines is 1. The van der Waals surface area contributed by atoms with E-state index in [2.05, 4.69) is 9.71 Å². The van der Waals surface area contributed by atoms with E-state index in [-0.39, 0.29) is 22.1 Å². The Balaban J connectivity index is 1.72. The lowest BCUT2D eigenvalue weighted by Crippen LogP contribution is -2.15. The van der Waals surface area contributed by atoms with Crippen molar-refractivity contribution < 1.29 is 18.3 Å². The summed E-state index contributed by atoms with van der Waals surface area (Å²) in [6.07, 6.45) is 1.41. The van der Waals surface area contributed by atoms with Gasteiger partial charge < -0.3 is 5.11 Å². The van der Waals surface area contributed by atoms with E-state index in [1.165, 1.54) is 36.2 Å². The lowest BCUT2D eigenvalue weighted by molar-refractivity contribution is 0.0695. The third-order valence-electron chi connectivity index (χ3n) is 4.55. The minimum absolute atomic E-state index is 0.0324. The topological polar surface area (TPSA) is 96.4 Å². The second kappa shape index (κ2) is 10.1. The number of carboxylic acid groups (broad SMARTS) is 1. The lowest BCUT2D eigenvalue weighted by atomic mass is 9.97. The molecule has 0 saturated carbocycles. The summed E-state index contributed by atoms with van der Waals surface area (Å²) in [7, 11) is -3.98. The van der Waals surface area contributed by atoms with Gasteiger partial charge in [0.2, 0.25) is 0 Å². The van der Waals surface area contributed by atoms with Gasteiger partial charge in [-0.1, -0.05) is 49.2 Å². The highest BCUT2D eigenvalue weighted by Crippen LogP contribution is 2.28. The van der Waals surface area contributed by atoms with E-state index >= 15 is 0 Å². The number of aromatic nitrogens is 1. The minimum Gasteiger partial charge on any atom is -0.478 e. The van der Waals surface area contributed by atoms with Crippen LogP contribution in [-0.4, -0.2) is 24.5 Å². The molecule has 0 fully saturated rings. The monoisotopic (exact) mass is 510 g/mol. The van der Waals surface area contributed by atoms with E-state index in [4.69, 9.17) is 23.2 Å². The molecule has 0 saturated heterocycles. The summed E-state index contributed by atoms with van der Waals surface area (Å²) in [5.41, 5.74) is 1.79. The third-order valence-corrected chi connectivity index (χ3v) is 7.68. The van der Waals surface area contributed by atoms with E-state index in [0.717, 1.165) is 5.56 Å². The highest BCUT2D eigenvalue weighted by Gasteiger charge is 2.20. The standard InChI is InChI=1S/C22H20Cl2N2O4S2/c1-13(2)17-6-5-16(10-18(17)22(27)28)32(29,30)26-15-4-8-21(25-11-15)31-12-14-3-7-19(23)20(24)9-14/h3-11,13,26H,12H2,1-2H3,(H,27,28). The Morgan fingerprint density at radius 3 is 2.44 bits per heavy atom. The molecule has 0 atom stereocenters. The Bertz CT molecular complexity index is 1250. The second-order valence-corrected chi connectivity index (χ2v) is 10.7. The summed E-state index contributed by atoms with van der Waals surface area (Å²) < 4.78 is 27.9. The molecule has 0 bridgehead atoms. The van der Waals surface area contributed by atoms with Crippen LogP contribution in [0.25, 0.3) is 0 Å². The number of sulfonamides is 1. The number of carboxylic acids is 1. The number of hydrogen-bond acceptors (Lipinski definition) is 5. The second-order valence-electron chi connectivity index (χ2n) is 7.24. The average Bonchev–Trinajstić information content (AvgIpc) is 2.74. The molecule has 168 valence electrons. The van der Waals surface area contributed by atoms with Gasteiger partial charge >= 0.3 is 5.97 Å². The van der Waals surface area contributed by atoms with Crippen LogP contribution in [0.4, 0.5) is 5.69 Å². The van der Waals surface area contributed by atoms with Gasteiger partial charge in [-0.25, -0.2) is 18.2 Å². The molecule has 2 aromatic carbocycles. The molecular formula is C22H20Cl2N2O4S2. The van der Waals surface area contributed by atoms with Gasteiger partial charge in [-0.2, -0.15) is 0 Å². The van der Waals surface area contributed by atoms with Gasteiger partial charge in [0.05, 0.1) is 37.4 Å². The first kappa shape index (κ1) is 24.4. The minimum atomic E-state index is -3.98. The number of benzene rings is 2. The first-order valence-electron chi connectivity index (χ1n) is 9.49. The molecule has 1 aromatic heterocycles. The van der Waals surface area contributed by atoms with Gasteiger partial charge in [0.25, 0.3) is 10.0 Å². The molecule has 0 aliphatic heterocycles. The number of rotatable bonds is 8. The number of thioether (sulfide) groups is 1. The van der Waals surface area contributed by atoms with Crippen molar-refractivity contribution in [3.8, 4) is 0 Å². The van der Waals surface area contributed by atoms with Crippen molar-refractivity contribution >= 4 is 56.6 Å². The number of nitrogens with one attached hydrogen (secondary N) is 1. The number of aromatic carboxylic acids is 1. The quantitative estimate of drug-likeness (QED) is 0.345. The molecule has 0 aliphatic rings. The lowest BCUT2D eigenvalue weighted by Gasteiger charge is -2.13.